The Morgan fingerprint density at radius 3 is 2.50 bits per heavy atom. The van der Waals surface area contributed by atoms with Gasteiger partial charge in [0.1, 0.15) is 5.75 Å². The molecule has 4 bridgehead atoms. The molecule has 0 radical (unpaired) electrons. The van der Waals surface area contributed by atoms with Gasteiger partial charge in [-0.15, -0.1) is 0 Å². The van der Waals surface area contributed by atoms with Crippen molar-refractivity contribution in [3.63, 3.8) is 0 Å². The van der Waals surface area contributed by atoms with Gasteiger partial charge >= 0.3 is 5.97 Å². The van der Waals surface area contributed by atoms with E-state index in [4.69, 9.17) is 9.47 Å². The standard InChI is InChI=1S/C21H26N2O7/c1-12(18(24)22-16-6-15(23(27)28)3-4-17(16)29-2)30-19(25)20-7-13-5-14(8-20)10-21(26,9-13)11-20/h3-4,6,12-14,26H,5,7-11H2,1-2H3,(H,22,24). The summed E-state index contributed by atoms with van der Waals surface area (Å²) in [5, 5.41) is 24.4. The van der Waals surface area contributed by atoms with E-state index in [-0.39, 0.29) is 17.1 Å². The third kappa shape index (κ3) is 3.62. The summed E-state index contributed by atoms with van der Waals surface area (Å²) in [7, 11) is 1.39. The van der Waals surface area contributed by atoms with E-state index >= 15 is 0 Å². The number of nitrogens with one attached hydrogen (secondary N) is 1. The lowest BCUT2D eigenvalue weighted by Gasteiger charge is -2.58. The first-order valence-corrected chi connectivity index (χ1v) is 10.2. The van der Waals surface area contributed by atoms with Crippen molar-refractivity contribution in [2.75, 3.05) is 12.4 Å². The minimum Gasteiger partial charge on any atom is -0.495 e. The molecule has 0 spiro atoms. The maximum atomic E-state index is 13.0. The van der Waals surface area contributed by atoms with Crippen LogP contribution in [0.4, 0.5) is 11.4 Å². The number of carbonyl (C=O) groups is 2. The molecule has 4 fully saturated rings. The molecule has 0 aliphatic heterocycles. The number of non-ortho nitro benzene ring substituents is 1. The summed E-state index contributed by atoms with van der Waals surface area (Å²) in [6.07, 6.45) is 3.19. The van der Waals surface area contributed by atoms with Gasteiger partial charge in [-0.3, -0.25) is 19.7 Å². The van der Waals surface area contributed by atoms with Crippen molar-refractivity contribution < 1.29 is 29.1 Å². The summed E-state index contributed by atoms with van der Waals surface area (Å²) in [6, 6.07) is 3.86. The monoisotopic (exact) mass is 418 g/mol. The van der Waals surface area contributed by atoms with Crippen LogP contribution in [0.15, 0.2) is 18.2 Å². The number of hydrogen-bond donors (Lipinski definition) is 2. The third-order valence-corrected chi connectivity index (χ3v) is 6.77. The van der Waals surface area contributed by atoms with Crippen LogP contribution in [-0.2, 0) is 14.3 Å². The van der Waals surface area contributed by atoms with Crippen molar-refractivity contribution in [2.45, 2.75) is 57.2 Å². The van der Waals surface area contributed by atoms with Crippen molar-refractivity contribution in [3.8, 4) is 5.75 Å². The van der Waals surface area contributed by atoms with Gasteiger partial charge in [0.25, 0.3) is 11.6 Å². The zero-order chi connectivity index (χ0) is 21.7. The van der Waals surface area contributed by atoms with Crippen LogP contribution in [0, 0.1) is 27.4 Å². The Labute approximate surface area is 173 Å². The summed E-state index contributed by atoms with van der Waals surface area (Å²) in [4.78, 5) is 36.1. The first-order chi connectivity index (χ1) is 14.1. The average Bonchev–Trinajstić information content (AvgIpc) is 2.65. The Morgan fingerprint density at radius 2 is 1.93 bits per heavy atom. The number of methoxy groups -OCH3 is 1. The first-order valence-electron chi connectivity index (χ1n) is 10.2. The molecule has 4 aliphatic carbocycles. The third-order valence-electron chi connectivity index (χ3n) is 6.77. The largest absolute Gasteiger partial charge is 0.495 e. The van der Waals surface area contributed by atoms with Crippen LogP contribution in [0.3, 0.4) is 0 Å². The number of amides is 1. The van der Waals surface area contributed by atoms with Crippen LogP contribution in [0.5, 0.6) is 5.75 Å². The second-order valence-corrected chi connectivity index (χ2v) is 9.14. The lowest BCUT2D eigenvalue weighted by atomic mass is 9.48. The lowest BCUT2D eigenvalue weighted by Crippen LogP contribution is -2.59. The van der Waals surface area contributed by atoms with E-state index in [1.807, 2.05) is 0 Å². The second-order valence-electron chi connectivity index (χ2n) is 9.14. The molecule has 30 heavy (non-hydrogen) atoms. The highest BCUT2D eigenvalue weighted by molar-refractivity contribution is 5.97. The van der Waals surface area contributed by atoms with E-state index in [0.29, 0.717) is 31.1 Å². The Kier molecular flexibility index (Phi) is 4.96. The van der Waals surface area contributed by atoms with Gasteiger partial charge in [-0.1, -0.05) is 0 Å². The topological polar surface area (TPSA) is 128 Å². The molecule has 5 rings (SSSR count). The SMILES string of the molecule is COc1ccc([N+](=O)[O-])cc1NC(=O)C(C)OC(=O)C12CC3CC(CC(O)(C3)C1)C2. The number of hydrogen-bond acceptors (Lipinski definition) is 7. The minimum absolute atomic E-state index is 0.128. The van der Waals surface area contributed by atoms with Crippen LogP contribution in [0.25, 0.3) is 0 Å². The number of ether oxygens (including phenoxy) is 2. The number of esters is 1. The second kappa shape index (κ2) is 7.23. The highest BCUT2D eigenvalue weighted by Gasteiger charge is 2.61. The maximum Gasteiger partial charge on any atom is 0.312 e. The van der Waals surface area contributed by atoms with E-state index in [9.17, 15) is 24.8 Å². The van der Waals surface area contributed by atoms with Gasteiger partial charge in [0, 0.05) is 12.1 Å². The molecule has 0 saturated heterocycles. The number of nitro benzene ring substituents is 1. The maximum absolute atomic E-state index is 13.0. The molecule has 0 heterocycles. The number of carbonyl (C=O) groups excluding carboxylic acids is 2. The summed E-state index contributed by atoms with van der Waals surface area (Å²) < 4.78 is 10.7. The number of benzene rings is 1. The molecule has 2 N–H and O–H groups in total. The minimum atomic E-state index is -1.09. The van der Waals surface area contributed by atoms with Crippen molar-refractivity contribution in [2.24, 2.45) is 17.3 Å². The van der Waals surface area contributed by atoms with Crippen LogP contribution in [0.1, 0.15) is 45.4 Å². The Hall–Kier alpha value is -2.68. The fourth-order valence-electron chi connectivity index (χ4n) is 5.93. The van der Waals surface area contributed by atoms with Gasteiger partial charge in [0.05, 0.1) is 28.7 Å². The van der Waals surface area contributed by atoms with Gasteiger partial charge in [-0.2, -0.15) is 0 Å². The molecule has 9 nitrogen and oxygen atoms in total. The number of nitro groups is 1. The fraction of sp³-hybridized carbons (Fsp3) is 0.619. The summed E-state index contributed by atoms with van der Waals surface area (Å²) >= 11 is 0. The van der Waals surface area contributed by atoms with Crippen LogP contribution < -0.4 is 10.1 Å². The summed E-state index contributed by atoms with van der Waals surface area (Å²) in [6.45, 7) is 1.46. The molecule has 1 aromatic rings. The van der Waals surface area contributed by atoms with Gasteiger partial charge in [-0.25, -0.2) is 0 Å². The molecule has 0 aromatic heterocycles. The van der Waals surface area contributed by atoms with Crippen molar-refractivity contribution >= 4 is 23.3 Å². The Balaban J connectivity index is 1.45. The smallest absolute Gasteiger partial charge is 0.312 e. The van der Waals surface area contributed by atoms with Crippen LogP contribution >= 0.6 is 0 Å². The molecule has 4 aliphatic rings. The van der Waals surface area contributed by atoms with Gasteiger partial charge in [0.15, 0.2) is 6.10 Å². The van der Waals surface area contributed by atoms with Crippen molar-refractivity contribution in [1.82, 2.24) is 0 Å². The summed E-state index contributed by atoms with van der Waals surface area (Å²) in [5.74, 6) is -0.144. The van der Waals surface area contributed by atoms with Crippen molar-refractivity contribution in [1.29, 1.82) is 0 Å². The quantitative estimate of drug-likeness (QED) is 0.413. The number of rotatable bonds is 6. The van der Waals surface area contributed by atoms with Gasteiger partial charge in [-0.05, 0) is 63.4 Å². The normalized spacial score (nSPS) is 32.4. The lowest BCUT2D eigenvalue weighted by molar-refractivity contribution is -0.384. The molecule has 162 valence electrons. The van der Waals surface area contributed by atoms with E-state index in [2.05, 4.69) is 5.32 Å². The van der Waals surface area contributed by atoms with Crippen LogP contribution in [-0.4, -0.2) is 40.7 Å². The molecular formula is C21H26N2O7. The molecule has 1 aromatic carbocycles. The zero-order valence-corrected chi connectivity index (χ0v) is 17.1. The van der Waals surface area contributed by atoms with Gasteiger partial charge < -0.3 is 19.9 Å². The van der Waals surface area contributed by atoms with E-state index in [1.165, 1.54) is 32.2 Å². The molecule has 3 unspecified atom stereocenters. The van der Waals surface area contributed by atoms with Crippen molar-refractivity contribution in [3.05, 3.63) is 28.3 Å². The predicted octanol–water partition coefficient (Wildman–Crippen LogP) is 2.80. The van der Waals surface area contributed by atoms with E-state index in [0.717, 1.165) is 19.3 Å². The fourth-order valence-corrected chi connectivity index (χ4v) is 5.93. The number of anilines is 1. The molecule has 4 saturated carbocycles. The predicted molar refractivity (Wildman–Crippen MR) is 106 cm³/mol. The highest BCUT2D eigenvalue weighted by Crippen LogP contribution is 2.62. The molecular weight excluding hydrogens is 392 g/mol. The van der Waals surface area contributed by atoms with Crippen LogP contribution in [0.2, 0.25) is 0 Å². The molecule has 9 heteroatoms. The average molecular weight is 418 g/mol. The molecule has 3 atom stereocenters. The number of aliphatic hydroxyl groups is 1. The number of nitrogens with zero attached hydrogens (tertiary/aromatic N) is 1. The zero-order valence-electron chi connectivity index (χ0n) is 17.1. The first kappa shape index (κ1) is 20.6. The van der Waals surface area contributed by atoms with E-state index < -0.39 is 33.9 Å². The highest BCUT2D eigenvalue weighted by atomic mass is 16.6. The van der Waals surface area contributed by atoms with Gasteiger partial charge in [0.2, 0.25) is 0 Å². The molecule has 1 amide bonds. The summed E-state index contributed by atoms with van der Waals surface area (Å²) in [5.41, 5.74) is -1.59. The van der Waals surface area contributed by atoms with E-state index in [1.54, 1.807) is 0 Å². The Bertz CT molecular complexity index is 885. The Morgan fingerprint density at radius 1 is 1.27 bits per heavy atom.